The number of furan rings is 1. The number of nitrogens with zero attached hydrogens (tertiary/aromatic N) is 1. The largest absolute Gasteiger partial charge is 0.460 e. The predicted molar refractivity (Wildman–Crippen MR) is 134 cm³/mol. The van der Waals surface area contributed by atoms with Gasteiger partial charge in [0.1, 0.15) is 17.1 Å². The quantitative estimate of drug-likeness (QED) is 0.411. The average Bonchev–Trinajstić information content (AvgIpc) is 3.45. The number of carbonyl (C=O) groups excluding carboxylic acids is 2. The van der Waals surface area contributed by atoms with E-state index in [1.54, 1.807) is 36.5 Å². The van der Waals surface area contributed by atoms with E-state index in [1.165, 1.54) is 4.88 Å². The minimum atomic E-state index is -1.32. The van der Waals surface area contributed by atoms with Crippen LogP contribution in [0.25, 0.3) is 11.3 Å². The van der Waals surface area contributed by atoms with Crippen molar-refractivity contribution in [3.8, 4) is 11.3 Å². The highest BCUT2D eigenvalue weighted by molar-refractivity contribution is 7.10. The van der Waals surface area contributed by atoms with Gasteiger partial charge in [0.2, 0.25) is 0 Å². The van der Waals surface area contributed by atoms with Crippen LogP contribution >= 0.6 is 22.9 Å². The predicted octanol–water partition coefficient (Wildman–Crippen LogP) is 5.84. The van der Waals surface area contributed by atoms with Gasteiger partial charge in [-0.15, -0.1) is 11.3 Å². The van der Waals surface area contributed by atoms with Crippen LogP contribution in [0.2, 0.25) is 5.02 Å². The molecule has 1 amide bonds. The maximum absolute atomic E-state index is 13.1. The molecule has 1 aliphatic carbocycles. The normalized spacial score (nSPS) is 21.4. The summed E-state index contributed by atoms with van der Waals surface area (Å²) in [5, 5.41) is 2.69. The molecule has 0 radical (unpaired) electrons. The summed E-state index contributed by atoms with van der Waals surface area (Å²) < 4.78 is 11.6. The van der Waals surface area contributed by atoms with Crippen LogP contribution in [0.3, 0.4) is 0 Å². The van der Waals surface area contributed by atoms with Crippen LogP contribution < -0.4 is 5.73 Å². The van der Waals surface area contributed by atoms with E-state index in [-0.39, 0.29) is 11.6 Å². The summed E-state index contributed by atoms with van der Waals surface area (Å²) in [6.07, 6.45) is 2.26. The van der Waals surface area contributed by atoms with E-state index in [4.69, 9.17) is 26.5 Å². The third-order valence-electron chi connectivity index (χ3n) is 6.68. The molecule has 2 N–H and O–H groups in total. The highest BCUT2D eigenvalue weighted by Crippen LogP contribution is 2.43. The molecule has 1 fully saturated rings. The number of hydrogen-bond donors (Lipinski definition) is 1. The van der Waals surface area contributed by atoms with Gasteiger partial charge in [0.25, 0.3) is 5.91 Å². The zero-order valence-corrected chi connectivity index (χ0v) is 21.1. The molecule has 3 aromatic rings. The first kappa shape index (κ1) is 24.5. The average molecular weight is 501 g/mol. The topological polar surface area (TPSA) is 85.8 Å². The second-order valence-electron chi connectivity index (χ2n) is 9.10. The van der Waals surface area contributed by atoms with Gasteiger partial charge in [0, 0.05) is 21.5 Å². The van der Waals surface area contributed by atoms with Gasteiger partial charge in [-0.25, -0.2) is 4.79 Å². The van der Waals surface area contributed by atoms with Crippen molar-refractivity contribution in [1.29, 1.82) is 0 Å². The Balaban J connectivity index is 1.50. The number of hydrogen-bond acceptors (Lipinski definition) is 6. The summed E-state index contributed by atoms with van der Waals surface area (Å²) in [5.74, 6) is 0.0976. The molecular formula is C26H29ClN2O4S. The van der Waals surface area contributed by atoms with Gasteiger partial charge in [0.05, 0.1) is 0 Å². The molecule has 1 atom stereocenters. The first-order valence-corrected chi connectivity index (χ1v) is 12.6. The molecule has 2 heterocycles. The molecule has 0 saturated heterocycles. The lowest BCUT2D eigenvalue weighted by Gasteiger charge is -2.41. The fourth-order valence-electron chi connectivity index (χ4n) is 4.86. The number of nitrogens with two attached hydrogens (primary N) is 1. The summed E-state index contributed by atoms with van der Waals surface area (Å²) in [6.45, 7) is 1.70. The first-order valence-electron chi connectivity index (χ1n) is 11.3. The van der Waals surface area contributed by atoms with Gasteiger partial charge >= 0.3 is 5.97 Å². The van der Waals surface area contributed by atoms with E-state index in [0.29, 0.717) is 35.3 Å². The van der Waals surface area contributed by atoms with Crippen molar-refractivity contribution in [3.05, 3.63) is 69.1 Å². The summed E-state index contributed by atoms with van der Waals surface area (Å²) in [5.41, 5.74) is 5.56. The van der Waals surface area contributed by atoms with E-state index >= 15 is 0 Å². The lowest BCUT2D eigenvalue weighted by Crippen LogP contribution is -2.51. The minimum absolute atomic E-state index is 0.250. The van der Waals surface area contributed by atoms with E-state index in [2.05, 4.69) is 36.5 Å². The molecule has 0 aliphatic heterocycles. The van der Waals surface area contributed by atoms with Crippen LogP contribution in [0.4, 0.5) is 0 Å². The monoisotopic (exact) mass is 500 g/mol. The van der Waals surface area contributed by atoms with Crippen molar-refractivity contribution in [2.24, 2.45) is 11.7 Å². The number of rotatable bonds is 7. The highest BCUT2D eigenvalue weighted by Gasteiger charge is 2.46. The fraction of sp³-hybridized carbons (Fsp3) is 0.385. The minimum Gasteiger partial charge on any atom is -0.460 e. The van der Waals surface area contributed by atoms with Gasteiger partial charge in [0.15, 0.2) is 5.60 Å². The van der Waals surface area contributed by atoms with Crippen LogP contribution in [0, 0.1) is 12.8 Å². The highest BCUT2D eigenvalue weighted by atomic mass is 35.5. The number of primary amides is 1. The Hall–Kier alpha value is -2.61. The summed E-state index contributed by atoms with van der Waals surface area (Å²) in [4.78, 5) is 29.2. The molecule has 1 unspecified atom stereocenters. The molecule has 1 aromatic carbocycles. The summed E-state index contributed by atoms with van der Waals surface area (Å²) in [6, 6.07) is 13.2. The van der Waals surface area contributed by atoms with Crippen LogP contribution in [-0.2, 0) is 9.53 Å². The van der Waals surface area contributed by atoms with E-state index in [9.17, 15) is 9.59 Å². The van der Waals surface area contributed by atoms with Crippen LogP contribution in [0.1, 0.15) is 52.7 Å². The third-order valence-corrected chi connectivity index (χ3v) is 7.87. The lowest BCUT2D eigenvalue weighted by molar-refractivity contribution is -0.142. The first-order chi connectivity index (χ1) is 16.2. The summed E-state index contributed by atoms with van der Waals surface area (Å²) in [7, 11) is 4.14. The Kier molecular flexibility index (Phi) is 7.17. The number of benzene rings is 1. The van der Waals surface area contributed by atoms with Crippen molar-refractivity contribution in [3.63, 3.8) is 0 Å². The molecule has 6 nitrogen and oxygen atoms in total. The number of carbonyl (C=O) groups is 2. The Morgan fingerprint density at radius 2 is 1.88 bits per heavy atom. The van der Waals surface area contributed by atoms with Gasteiger partial charge < -0.3 is 19.8 Å². The molecule has 1 aliphatic rings. The molecule has 4 rings (SSSR count). The van der Waals surface area contributed by atoms with Gasteiger partial charge in [-0.05, 0) is 94.4 Å². The zero-order valence-electron chi connectivity index (χ0n) is 19.5. The lowest BCUT2D eigenvalue weighted by atomic mass is 9.74. The summed E-state index contributed by atoms with van der Waals surface area (Å²) >= 11 is 7.70. The SMILES string of the molecule is Cc1oc(-c2ccc(Cl)cc2)cc1C(=O)OC1(C(N)=O)CCC(C(c2cccs2)N(C)C)CC1. The van der Waals surface area contributed by atoms with Crippen molar-refractivity contribution in [1.82, 2.24) is 4.90 Å². The van der Waals surface area contributed by atoms with Crippen molar-refractivity contribution < 1.29 is 18.7 Å². The smallest absolute Gasteiger partial charge is 0.342 e. The number of ether oxygens (including phenoxy) is 1. The van der Waals surface area contributed by atoms with Crippen molar-refractivity contribution in [2.45, 2.75) is 44.2 Å². The molecule has 180 valence electrons. The number of thiophene rings is 1. The molecule has 1 saturated carbocycles. The van der Waals surface area contributed by atoms with Gasteiger partial charge in [-0.3, -0.25) is 4.79 Å². The van der Waals surface area contributed by atoms with E-state index in [0.717, 1.165) is 18.4 Å². The van der Waals surface area contributed by atoms with Crippen molar-refractivity contribution in [2.75, 3.05) is 14.1 Å². The number of esters is 1. The maximum atomic E-state index is 13.1. The number of amides is 1. The van der Waals surface area contributed by atoms with Gasteiger partial charge in [-0.2, -0.15) is 0 Å². The Labute approximate surface area is 208 Å². The standard InChI is InChI=1S/C26H29ClN2O4S/c1-16-20(15-21(32-16)17-6-8-19(27)9-7-17)24(30)33-26(25(28)31)12-10-18(11-13-26)23(29(2)3)22-5-4-14-34-22/h4-9,14-15,18,23H,10-13H2,1-3H3,(H2,28,31). The maximum Gasteiger partial charge on any atom is 0.342 e. The second kappa shape index (κ2) is 9.94. The van der Waals surface area contributed by atoms with Crippen LogP contribution in [0.15, 0.2) is 52.3 Å². The zero-order chi connectivity index (χ0) is 24.5. The molecule has 34 heavy (non-hydrogen) atoms. The Morgan fingerprint density at radius 3 is 2.44 bits per heavy atom. The van der Waals surface area contributed by atoms with Crippen LogP contribution in [-0.4, -0.2) is 36.5 Å². The molecule has 0 spiro atoms. The van der Waals surface area contributed by atoms with Gasteiger partial charge in [-0.1, -0.05) is 17.7 Å². The molecule has 2 aromatic heterocycles. The third kappa shape index (κ3) is 4.92. The number of aryl methyl sites for hydroxylation is 1. The molecule has 8 heteroatoms. The second-order valence-corrected chi connectivity index (χ2v) is 10.5. The fourth-order valence-corrected chi connectivity index (χ4v) is 6.00. The van der Waals surface area contributed by atoms with Crippen molar-refractivity contribution >= 4 is 34.8 Å². The molecule has 0 bridgehead atoms. The van der Waals surface area contributed by atoms with Crippen LogP contribution in [0.5, 0.6) is 0 Å². The Bertz CT molecular complexity index is 1150. The van der Waals surface area contributed by atoms with E-state index in [1.807, 2.05) is 12.1 Å². The number of halogens is 1. The van der Waals surface area contributed by atoms with E-state index < -0.39 is 17.5 Å². The molecular weight excluding hydrogens is 472 g/mol. The Morgan fingerprint density at radius 1 is 1.21 bits per heavy atom.